The van der Waals surface area contributed by atoms with Gasteiger partial charge in [-0.25, -0.2) is 10.4 Å². The summed E-state index contributed by atoms with van der Waals surface area (Å²) in [6, 6.07) is 8.23. The second kappa shape index (κ2) is 3.14. The Bertz CT molecular complexity index is 426. The minimum atomic E-state index is 0.231. The molecule has 2 unspecified atom stereocenters. The van der Waals surface area contributed by atoms with Crippen LogP contribution in [0.4, 0.5) is 0 Å². The minimum absolute atomic E-state index is 0.231. The fraction of sp³-hybridized carbons (Fsp3) is 0.364. The number of hydrazine groups is 1. The Hall–Kier alpha value is -1.73. The van der Waals surface area contributed by atoms with E-state index in [9.17, 15) is 0 Å². The Morgan fingerprint density at radius 3 is 3.20 bits per heavy atom. The van der Waals surface area contributed by atoms with Crippen molar-refractivity contribution in [1.29, 1.82) is 5.26 Å². The number of ether oxygens (including phenoxy) is 1. The number of nitrogens with one attached hydrogen (secondary N) is 1. The monoisotopic (exact) mass is 201 g/mol. The number of benzene rings is 1. The third-order valence-electron chi connectivity index (χ3n) is 3.01. The third kappa shape index (κ3) is 1.24. The molecular formula is C11H11N3O. The van der Waals surface area contributed by atoms with Gasteiger partial charge in [0.25, 0.3) is 0 Å². The first-order valence-electron chi connectivity index (χ1n) is 5.03. The van der Waals surface area contributed by atoms with Crippen LogP contribution in [0.25, 0.3) is 0 Å². The van der Waals surface area contributed by atoms with Crippen molar-refractivity contribution in [3.05, 3.63) is 29.8 Å². The molecular weight excluding hydrogens is 190 g/mol. The van der Waals surface area contributed by atoms with Crippen LogP contribution < -0.4 is 10.2 Å². The van der Waals surface area contributed by atoms with Gasteiger partial charge in [-0.3, -0.25) is 0 Å². The van der Waals surface area contributed by atoms with Gasteiger partial charge in [0.15, 0.2) is 6.19 Å². The first-order valence-corrected chi connectivity index (χ1v) is 5.03. The van der Waals surface area contributed by atoms with E-state index >= 15 is 0 Å². The van der Waals surface area contributed by atoms with E-state index in [1.54, 1.807) is 5.01 Å². The number of rotatable bonds is 0. The Morgan fingerprint density at radius 1 is 1.47 bits per heavy atom. The van der Waals surface area contributed by atoms with E-state index in [1.165, 1.54) is 0 Å². The fourth-order valence-electron chi connectivity index (χ4n) is 2.27. The summed E-state index contributed by atoms with van der Waals surface area (Å²) in [5.74, 6) is 1.31. The highest BCUT2D eigenvalue weighted by Gasteiger charge is 2.38. The predicted octanol–water partition coefficient (Wildman–Crippen LogP) is 1.04. The van der Waals surface area contributed by atoms with Gasteiger partial charge in [0.2, 0.25) is 0 Å². The van der Waals surface area contributed by atoms with Gasteiger partial charge in [0, 0.05) is 11.5 Å². The van der Waals surface area contributed by atoms with E-state index in [0.717, 1.165) is 17.9 Å². The van der Waals surface area contributed by atoms with Gasteiger partial charge in [-0.2, -0.15) is 5.26 Å². The van der Waals surface area contributed by atoms with E-state index in [2.05, 4.69) is 17.7 Å². The second-order valence-corrected chi connectivity index (χ2v) is 3.93. The molecule has 1 aromatic rings. The summed E-state index contributed by atoms with van der Waals surface area (Å²) in [5, 5.41) is 10.4. The summed E-state index contributed by atoms with van der Waals surface area (Å²) >= 11 is 0. The van der Waals surface area contributed by atoms with Crippen molar-refractivity contribution >= 4 is 0 Å². The van der Waals surface area contributed by atoms with Crippen molar-refractivity contribution in [2.24, 2.45) is 5.92 Å². The van der Waals surface area contributed by atoms with Crippen molar-refractivity contribution in [1.82, 2.24) is 10.4 Å². The maximum Gasteiger partial charge on any atom is 0.195 e. The fourth-order valence-corrected chi connectivity index (χ4v) is 2.27. The molecule has 0 saturated carbocycles. The van der Waals surface area contributed by atoms with Crippen LogP contribution in [-0.4, -0.2) is 18.2 Å². The van der Waals surface area contributed by atoms with Gasteiger partial charge in [-0.15, -0.1) is 0 Å². The van der Waals surface area contributed by atoms with Gasteiger partial charge in [0.05, 0.1) is 19.2 Å². The Labute approximate surface area is 88.0 Å². The Kier molecular flexibility index (Phi) is 1.79. The summed E-state index contributed by atoms with van der Waals surface area (Å²) in [5.41, 5.74) is 4.35. The van der Waals surface area contributed by atoms with E-state index in [4.69, 9.17) is 10.00 Å². The predicted molar refractivity (Wildman–Crippen MR) is 53.6 cm³/mol. The molecule has 2 atom stereocenters. The largest absolute Gasteiger partial charge is 0.493 e. The molecule has 0 bridgehead atoms. The van der Waals surface area contributed by atoms with Gasteiger partial charge in [0.1, 0.15) is 5.75 Å². The molecule has 4 heteroatoms. The van der Waals surface area contributed by atoms with Crippen LogP contribution in [0.1, 0.15) is 11.6 Å². The molecule has 2 heterocycles. The SMILES string of the molecule is N#CN1CC2COc3ccccc3C2N1. The molecule has 1 N–H and O–H groups in total. The molecule has 15 heavy (non-hydrogen) atoms. The third-order valence-corrected chi connectivity index (χ3v) is 3.01. The first-order chi connectivity index (χ1) is 7.38. The summed E-state index contributed by atoms with van der Waals surface area (Å²) in [6.07, 6.45) is 2.12. The van der Waals surface area contributed by atoms with Crippen LogP contribution >= 0.6 is 0 Å². The number of hydrogen-bond donors (Lipinski definition) is 1. The van der Waals surface area contributed by atoms with Crippen LogP contribution in [0, 0.1) is 17.4 Å². The Balaban J connectivity index is 1.97. The summed E-state index contributed by atoms with van der Waals surface area (Å²) in [7, 11) is 0. The Morgan fingerprint density at radius 2 is 2.33 bits per heavy atom. The molecule has 4 nitrogen and oxygen atoms in total. The van der Waals surface area contributed by atoms with Gasteiger partial charge in [-0.05, 0) is 6.07 Å². The molecule has 0 radical (unpaired) electrons. The van der Waals surface area contributed by atoms with Gasteiger partial charge >= 0.3 is 0 Å². The quantitative estimate of drug-likeness (QED) is 0.637. The molecule has 1 aromatic carbocycles. The van der Waals surface area contributed by atoms with Gasteiger partial charge in [-0.1, -0.05) is 18.2 Å². The molecule has 3 rings (SSSR count). The number of para-hydroxylation sites is 1. The maximum atomic E-state index is 8.83. The molecule has 0 amide bonds. The van der Waals surface area contributed by atoms with Crippen LogP contribution in [-0.2, 0) is 0 Å². The average Bonchev–Trinajstić information content (AvgIpc) is 2.72. The number of hydrogen-bond acceptors (Lipinski definition) is 4. The van der Waals surface area contributed by atoms with Crippen molar-refractivity contribution in [2.75, 3.05) is 13.2 Å². The van der Waals surface area contributed by atoms with E-state index in [1.807, 2.05) is 18.2 Å². The van der Waals surface area contributed by atoms with Crippen molar-refractivity contribution < 1.29 is 4.74 Å². The zero-order valence-corrected chi connectivity index (χ0v) is 8.18. The number of nitriles is 1. The summed E-state index contributed by atoms with van der Waals surface area (Å²) in [6.45, 7) is 1.42. The average molecular weight is 201 g/mol. The van der Waals surface area contributed by atoms with Crippen molar-refractivity contribution in [2.45, 2.75) is 6.04 Å². The topological polar surface area (TPSA) is 48.3 Å². The van der Waals surface area contributed by atoms with E-state index in [-0.39, 0.29) is 6.04 Å². The van der Waals surface area contributed by atoms with Crippen molar-refractivity contribution in [3.8, 4) is 11.9 Å². The lowest BCUT2D eigenvalue weighted by Crippen LogP contribution is -2.29. The van der Waals surface area contributed by atoms with Crippen LogP contribution in [0.15, 0.2) is 24.3 Å². The number of fused-ring (bicyclic) bond motifs is 3. The lowest BCUT2D eigenvalue weighted by molar-refractivity contribution is 0.212. The molecule has 0 aromatic heterocycles. The highest BCUT2D eigenvalue weighted by Crippen LogP contribution is 2.38. The smallest absolute Gasteiger partial charge is 0.195 e. The lowest BCUT2D eigenvalue weighted by atomic mass is 9.93. The molecule has 76 valence electrons. The summed E-state index contributed by atoms with van der Waals surface area (Å²) < 4.78 is 5.65. The first kappa shape index (κ1) is 8.57. The van der Waals surface area contributed by atoms with Gasteiger partial charge < -0.3 is 4.74 Å². The molecule has 2 aliphatic heterocycles. The normalized spacial score (nSPS) is 27.5. The van der Waals surface area contributed by atoms with Crippen LogP contribution in [0.5, 0.6) is 5.75 Å². The maximum absolute atomic E-state index is 8.83. The molecule has 2 aliphatic rings. The van der Waals surface area contributed by atoms with E-state index < -0.39 is 0 Å². The van der Waals surface area contributed by atoms with Crippen molar-refractivity contribution in [3.63, 3.8) is 0 Å². The molecule has 1 fully saturated rings. The molecule has 0 spiro atoms. The number of nitrogens with zero attached hydrogens (tertiary/aromatic N) is 2. The highest BCUT2D eigenvalue weighted by molar-refractivity contribution is 5.38. The zero-order valence-electron chi connectivity index (χ0n) is 8.18. The molecule has 0 aliphatic carbocycles. The highest BCUT2D eigenvalue weighted by atomic mass is 16.5. The zero-order chi connectivity index (χ0) is 10.3. The lowest BCUT2D eigenvalue weighted by Gasteiger charge is -2.26. The van der Waals surface area contributed by atoms with Crippen LogP contribution in [0.3, 0.4) is 0 Å². The minimum Gasteiger partial charge on any atom is -0.493 e. The van der Waals surface area contributed by atoms with Crippen LogP contribution in [0.2, 0.25) is 0 Å². The molecule has 1 saturated heterocycles. The summed E-state index contributed by atoms with van der Waals surface area (Å²) in [4.78, 5) is 0. The van der Waals surface area contributed by atoms with E-state index in [0.29, 0.717) is 12.5 Å². The second-order valence-electron chi connectivity index (χ2n) is 3.93. The standard InChI is InChI=1S/C11H11N3O/c12-7-14-5-8-6-15-10-4-2-1-3-9(10)11(8)13-14/h1-4,8,11,13H,5-6H2.